The standard InChI is InChI=1S/C13H15ClN2O2/c1-17-7-8-18-16-9-10-4-5-12(14)11-3-2-6-15-13(10)11/h2-6,16H,7-9H2,1H3. The molecule has 18 heavy (non-hydrogen) atoms. The highest BCUT2D eigenvalue weighted by atomic mass is 35.5. The lowest BCUT2D eigenvalue weighted by atomic mass is 10.1. The van der Waals surface area contributed by atoms with Crippen LogP contribution in [-0.2, 0) is 16.1 Å². The van der Waals surface area contributed by atoms with Gasteiger partial charge in [-0.05, 0) is 23.8 Å². The maximum atomic E-state index is 6.12. The van der Waals surface area contributed by atoms with E-state index in [4.69, 9.17) is 21.2 Å². The van der Waals surface area contributed by atoms with Crippen LogP contribution >= 0.6 is 11.6 Å². The highest BCUT2D eigenvalue weighted by Crippen LogP contribution is 2.24. The van der Waals surface area contributed by atoms with Gasteiger partial charge in [0.1, 0.15) is 0 Å². The number of ether oxygens (including phenoxy) is 1. The first kappa shape index (κ1) is 13.2. The van der Waals surface area contributed by atoms with Gasteiger partial charge in [-0.2, -0.15) is 5.48 Å². The van der Waals surface area contributed by atoms with Gasteiger partial charge in [0.2, 0.25) is 0 Å². The summed E-state index contributed by atoms with van der Waals surface area (Å²) in [6, 6.07) is 7.66. The van der Waals surface area contributed by atoms with E-state index in [2.05, 4.69) is 10.5 Å². The van der Waals surface area contributed by atoms with Crippen LogP contribution in [0.2, 0.25) is 5.02 Å². The first-order valence-corrected chi connectivity index (χ1v) is 6.06. The largest absolute Gasteiger partial charge is 0.382 e. The summed E-state index contributed by atoms with van der Waals surface area (Å²) in [7, 11) is 1.64. The number of hydrogen-bond acceptors (Lipinski definition) is 4. The Kier molecular flexibility index (Phi) is 4.90. The van der Waals surface area contributed by atoms with Crippen LogP contribution in [0.25, 0.3) is 10.9 Å². The molecule has 1 heterocycles. The van der Waals surface area contributed by atoms with E-state index in [0.29, 0.717) is 24.8 Å². The minimum Gasteiger partial charge on any atom is -0.382 e. The number of nitrogens with zero attached hydrogens (tertiary/aromatic N) is 1. The van der Waals surface area contributed by atoms with Gasteiger partial charge in [0.05, 0.1) is 18.7 Å². The predicted molar refractivity (Wildman–Crippen MR) is 71.4 cm³/mol. The summed E-state index contributed by atoms with van der Waals surface area (Å²) in [5.41, 5.74) is 4.83. The van der Waals surface area contributed by atoms with Crippen LogP contribution in [0.15, 0.2) is 30.5 Å². The van der Waals surface area contributed by atoms with Gasteiger partial charge < -0.3 is 4.74 Å². The zero-order valence-corrected chi connectivity index (χ0v) is 10.9. The fourth-order valence-electron chi connectivity index (χ4n) is 1.66. The highest BCUT2D eigenvalue weighted by Gasteiger charge is 2.05. The first-order chi connectivity index (χ1) is 8.83. The van der Waals surface area contributed by atoms with Crippen molar-refractivity contribution < 1.29 is 9.57 Å². The normalized spacial score (nSPS) is 11.0. The number of halogens is 1. The maximum Gasteiger partial charge on any atom is 0.0916 e. The van der Waals surface area contributed by atoms with Crippen molar-refractivity contribution >= 4 is 22.5 Å². The van der Waals surface area contributed by atoms with Crippen molar-refractivity contribution in [1.29, 1.82) is 0 Å². The molecule has 0 aliphatic rings. The second-order valence-electron chi connectivity index (χ2n) is 3.77. The van der Waals surface area contributed by atoms with Crippen LogP contribution in [-0.4, -0.2) is 25.3 Å². The van der Waals surface area contributed by atoms with E-state index in [1.807, 2.05) is 24.3 Å². The highest BCUT2D eigenvalue weighted by molar-refractivity contribution is 6.35. The van der Waals surface area contributed by atoms with Crippen molar-refractivity contribution in [3.05, 3.63) is 41.0 Å². The molecule has 0 bridgehead atoms. The summed E-state index contributed by atoms with van der Waals surface area (Å²) in [6.45, 7) is 1.65. The van der Waals surface area contributed by atoms with Gasteiger partial charge in [0.15, 0.2) is 0 Å². The number of benzene rings is 1. The van der Waals surface area contributed by atoms with E-state index in [1.165, 1.54) is 0 Å². The third-order valence-electron chi connectivity index (χ3n) is 2.55. The molecule has 2 aromatic rings. The van der Waals surface area contributed by atoms with E-state index in [1.54, 1.807) is 13.3 Å². The third kappa shape index (κ3) is 3.17. The molecular weight excluding hydrogens is 252 g/mol. The van der Waals surface area contributed by atoms with Crippen LogP contribution in [0.3, 0.4) is 0 Å². The van der Waals surface area contributed by atoms with Gasteiger partial charge in [-0.15, -0.1) is 0 Å². The quantitative estimate of drug-likeness (QED) is 0.645. The van der Waals surface area contributed by atoms with E-state index in [9.17, 15) is 0 Å². The van der Waals surface area contributed by atoms with Crippen LogP contribution in [0.4, 0.5) is 0 Å². The third-order valence-corrected chi connectivity index (χ3v) is 2.88. The molecule has 1 N–H and O–H groups in total. The van der Waals surface area contributed by atoms with E-state index in [-0.39, 0.29) is 0 Å². The fourth-order valence-corrected chi connectivity index (χ4v) is 1.88. The molecule has 0 spiro atoms. The lowest BCUT2D eigenvalue weighted by Crippen LogP contribution is -2.17. The lowest BCUT2D eigenvalue weighted by molar-refractivity contribution is 0.00361. The van der Waals surface area contributed by atoms with Crippen molar-refractivity contribution in [1.82, 2.24) is 10.5 Å². The number of pyridine rings is 1. The Hall–Kier alpha value is -1.20. The van der Waals surface area contributed by atoms with Crippen LogP contribution in [0.5, 0.6) is 0 Å². The molecule has 1 aromatic carbocycles. The van der Waals surface area contributed by atoms with Gasteiger partial charge in [0.25, 0.3) is 0 Å². The molecule has 0 saturated carbocycles. The van der Waals surface area contributed by atoms with Crippen LogP contribution < -0.4 is 5.48 Å². The number of aromatic nitrogens is 1. The number of hydrogen-bond donors (Lipinski definition) is 1. The number of nitrogens with one attached hydrogen (secondary N) is 1. The zero-order chi connectivity index (χ0) is 12.8. The Morgan fingerprint density at radius 3 is 3.00 bits per heavy atom. The monoisotopic (exact) mass is 266 g/mol. The SMILES string of the molecule is COCCONCc1ccc(Cl)c2cccnc12. The second kappa shape index (κ2) is 6.66. The van der Waals surface area contributed by atoms with Crippen LogP contribution in [0.1, 0.15) is 5.56 Å². The molecule has 0 aliphatic carbocycles. The molecule has 96 valence electrons. The van der Waals surface area contributed by atoms with Gasteiger partial charge >= 0.3 is 0 Å². The second-order valence-corrected chi connectivity index (χ2v) is 4.18. The topological polar surface area (TPSA) is 43.4 Å². The van der Waals surface area contributed by atoms with Gasteiger partial charge in [-0.3, -0.25) is 9.82 Å². The van der Waals surface area contributed by atoms with Crippen molar-refractivity contribution in [2.45, 2.75) is 6.54 Å². The maximum absolute atomic E-state index is 6.12. The van der Waals surface area contributed by atoms with E-state index < -0.39 is 0 Å². The Balaban J connectivity index is 2.07. The van der Waals surface area contributed by atoms with Gasteiger partial charge in [-0.25, -0.2) is 0 Å². The molecule has 4 nitrogen and oxygen atoms in total. The average molecular weight is 267 g/mol. The Bertz CT molecular complexity index is 519. The molecule has 1 aromatic heterocycles. The predicted octanol–water partition coefficient (Wildman–Crippen LogP) is 2.56. The molecular formula is C13H15ClN2O2. The van der Waals surface area contributed by atoms with Crippen molar-refractivity contribution in [2.24, 2.45) is 0 Å². The molecule has 0 unspecified atom stereocenters. The molecule has 0 aliphatic heterocycles. The molecule has 0 atom stereocenters. The average Bonchev–Trinajstić information content (AvgIpc) is 2.41. The number of fused-ring (bicyclic) bond motifs is 1. The molecule has 0 fully saturated rings. The molecule has 0 radical (unpaired) electrons. The smallest absolute Gasteiger partial charge is 0.0916 e. The summed E-state index contributed by atoms with van der Waals surface area (Å²) in [4.78, 5) is 9.57. The Morgan fingerprint density at radius 2 is 2.17 bits per heavy atom. The van der Waals surface area contributed by atoms with E-state index in [0.717, 1.165) is 16.5 Å². The summed E-state index contributed by atoms with van der Waals surface area (Å²) >= 11 is 6.12. The molecule has 5 heteroatoms. The number of methoxy groups -OCH3 is 1. The minimum absolute atomic E-state index is 0.509. The van der Waals surface area contributed by atoms with Crippen molar-refractivity contribution in [3.63, 3.8) is 0 Å². The van der Waals surface area contributed by atoms with Gasteiger partial charge in [-0.1, -0.05) is 17.7 Å². The molecule has 0 amide bonds. The summed E-state index contributed by atoms with van der Waals surface area (Å²) < 4.78 is 4.89. The Morgan fingerprint density at radius 1 is 1.28 bits per heavy atom. The molecule has 0 saturated heterocycles. The minimum atomic E-state index is 0.509. The summed E-state index contributed by atoms with van der Waals surface area (Å²) in [5, 5.41) is 1.66. The zero-order valence-electron chi connectivity index (χ0n) is 10.1. The van der Waals surface area contributed by atoms with Crippen molar-refractivity contribution in [3.8, 4) is 0 Å². The first-order valence-electron chi connectivity index (χ1n) is 5.68. The van der Waals surface area contributed by atoms with Gasteiger partial charge in [0, 0.05) is 30.3 Å². The number of rotatable bonds is 6. The lowest BCUT2D eigenvalue weighted by Gasteiger charge is -2.08. The van der Waals surface area contributed by atoms with E-state index >= 15 is 0 Å². The summed E-state index contributed by atoms with van der Waals surface area (Å²) in [5.74, 6) is 0. The summed E-state index contributed by atoms with van der Waals surface area (Å²) in [6.07, 6.45) is 1.76. The van der Waals surface area contributed by atoms with Crippen LogP contribution in [0, 0.1) is 0 Å². The Labute approximate surface area is 111 Å². The number of hydroxylamine groups is 1. The fraction of sp³-hybridized carbons (Fsp3) is 0.308. The molecule has 2 rings (SSSR count). The van der Waals surface area contributed by atoms with Crippen molar-refractivity contribution in [2.75, 3.05) is 20.3 Å².